The summed E-state index contributed by atoms with van der Waals surface area (Å²) >= 11 is 0. The SMILES string of the molecule is CN(C)c1ccc(C=NNC(=O)c2c[nH]c(=O)[nH]c2=O)cc1. The first-order chi connectivity index (χ1) is 10.5. The van der Waals surface area contributed by atoms with Gasteiger partial charge in [-0.05, 0) is 17.7 Å². The van der Waals surface area contributed by atoms with Crippen LogP contribution in [0.5, 0.6) is 0 Å². The number of aromatic amines is 2. The molecule has 0 aliphatic rings. The molecule has 2 rings (SSSR count). The standard InChI is InChI=1S/C14H15N5O3/c1-19(2)10-5-3-9(4-6-10)7-16-18-13(21)11-8-15-14(22)17-12(11)20/h3-8H,1-2H3,(H,18,21)(H2,15,17,20,22). The molecule has 22 heavy (non-hydrogen) atoms. The average molecular weight is 301 g/mol. The number of hydrazone groups is 1. The molecule has 0 aliphatic carbocycles. The van der Waals surface area contributed by atoms with E-state index in [1.165, 1.54) is 6.21 Å². The number of nitrogens with one attached hydrogen (secondary N) is 3. The molecule has 0 atom stereocenters. The zero-order valence-electron chi connectivity index (χ0n) is 12.1. The fourth-order valence-corrected chi connectivity index (χ4v) is 1.66. The van der Waals surface area contributed by atoms with Gasteiger partial charge in [0.2, 0.25) is 0 Å². The lowest BCUT2D eigenvalue weighted by Gasteiger charge is -2.11. The Labute approximate surface area is 125 Å². The first kappa shape index (κ1) is 15.2. The molecule has 0 fully saturated rings. The number of carbonyl (C=O) groups is 1. The van der Waals surface area contributed by atoms with E-state index in [9.17, 15) is 14.4 Å². The highest BCUT2D eigenvalue weighted by Gasteiger charge is 2.09. The number of nitrogens with zero attached hydrogens (tertiary/aromatic N) is 2. The summed E-state index contributed by atoms with van der Waals surface area (Å²) in [6.45, 7) is 0. The molecule has 8 heteroatoms. The molecule has 1 aromatic heterocycles. The van der Waals surface area contributed by atoms with E-state index in [-0.39, 0.29) is 5.56 Å². The Bertz CT molecular complexity index is 802. The third-order valence-electron chi connectivity index (χ3n) is 2.85. The molecule has 0 aliphatic heterocycles. The molecular weight excluding hydrogens is 286 g/mol. The monoisotopic (exact) mass is 301 g/mol. The van der Waals surface area contributed by atoms with Crippen LogP contribution in [0.25, 0.3) is 0 Å². The van der Waals surface area contributed by atoms with E-state index in [1.54, 1.807) is 0 Å². The number of carbonyl (C=O) groups excluding carboxylic acids is 1. The summed E-state index contributed by atoms with van der Waals surface area (Å²) < 4.78 is 0. The third-order valence-corrected chi connectivity index (χ3v) is 2.85. The van der Waals surface area contributed by atoms with Gasteiger partial charge in [0, 0.05) is 26.0 Å². The largest absolute Gasteiger partial charge is 0.378 e. The molecular formula is C14H15N5O3. The molecule has 1 heterocycles. The van der Waals surface area contributed by atoms with Gasteiger partial charge in [0.05, 0.1) is 6.21 Å². The quantitative estimate of drug-likeness (QED) is 0.540. The highest BCUT2D eigenvalue weighted by atomic mass is 16.2. The van der Waals surface area contributed by atoms with Crippen LogP contribution in [0.4, 0.5) is 5.69 Å². The predicted molar refractivity (Wildman–Crippen MR) is 83.5 cm³/mol. The number of amides is 1. The molecule has 1 amide bonds. The fourth-order valence-electron chi connectivity index (χ4n) is 1.66. The number of H-pyrrole nitrogens is 2. The lowest BCUT2D eigenvalue weighted by atomic mass is 10.2. The number of benzene rings is 1. The Kier molecular flexibility index (Phi) is 4.52. The average Bonchev–Trinajstić information content (AvgIpc) is 2.47. The molecule has 2 aromatic rings. The molecule has 3 N–H and O–H groups in total. The normalized spacial score (nSPS) is 10.6. The Morgan fingerprint density at radius 1 is 1.23 bits per heavy atom. The van der Waals surface area contributed by atoms with Crippen molar-refractivity contribution < 1.29 is 4.79 Å². The number of anilines is 1. The summed E-state index contributed by atoms with van der Waals surface area (Å²) in [5.74, 6) is -0.710. The van der Waals surface area contributed by atoms with Crippen LogP contribution >= 0.6 is 0 Å². The number of hydrogen-bond donors (Lipinski definition) is 3. The predicted octanol–water partition coefficient (Wildman–Crippen LogP) is -0.107. The third kappa shape index (κ3) is 3.69. The smallest absolute Gasteiger partial charge is 0.325 e. The van der Waals surface area contributed by atoms with Crippen molar-refractivity contribution in [1.29, 1.82) is 0 Å². The van der Waals surface area contributed by atoms with Crippen molar-refractivity contribution in [3.05, 3.63) is 62.4 Å². The Hall–Kier alpha value is -3.16. The van der Waals surface area contributed by atoms with Crippen molar-refractivity contribution in [2.45, 2.75) is 0 Å². The second-order valence-corrected chi connectivity index (χ2v) is 4.67. The highest BCUT2D eigenvalue weighted by molar-refractivity contribution is 5.94. The van der Waals surface area contributed by atoms with Crippen LogP contribution in [0.1, 0.15) is 15.9 Å². The molecule has 0 radical (unpaired) electrons. The molecule has 0 saturated heterocycles. The minimum Gasteiger partial charge on any atom is -0.378 e. The minimum absolute atomic E-state index is 0.222. The van der Waals surface area contributed by atoms with E-state index in [0.717, 1.165) is 17.4 Å². The molecule has 0 saturated carbocycles. The van der Waals surface area contributed by atoms with E-state index in [2.05, 4.69) is 15.5 Å². The van der Waals surface area contributed by atoms with Crippen LogP contribution in [0.2, 0.25) is 0 Å². The van der Waals surface area contributed by atoms with E-state index >= 15 is 0 Å². The fraction of sp³-hybridized carbons (Fsp3) is 0.143. The van der Waals surface area contributed by atoms with Crippen molar-refractivity contribution in [3.63, 3.8) is 0 Å². The van der Waals surface area contributed by atoms with Crippen LogP contribution in [0.15, 0.2) is 45.2 Å². The van der Waals surface area contributed by atoms with Crippen molar-refractivity contribution >= 4 is 17.8 Å². The lowest BCUT2D eigenvalue weighted by Crippen LogP contribution is -2.31. The maximum atomic E-state index is 11.7. The Morgan fingerprint density at radius 2 is 1.91 bits per heavy atom. The van der Waals surface area contributed by atoms with Gasteiger partial charge in [0.15, 0.2) is 0 Å². The van der Waals surface area contributed by atoms with Gasteiger partial charge in [-0.2, -0.15) is 5.10 Å². The first-order valence-corrected chi connectivity index (χ1v) is 6.40. The summed E-state index contributed by atoms with van der Waals surface area (Å²) in [6.07, 6.45) is 2.50. The van der Waals surface area contributed by atoms with Gasteiger partial charge in [0.25, 0.3) is 11.5 Å². The summed E-state index contributed by atoms with van der Waals surface area (Å²) in [5, 5.41) is 3.77. The van der Waals surface area contributed by atoms with Crippen molar-refractivity contribution in [2.24, 2.45) is 5.10 Å². The minimum atomic E-state index is -0.771. The molecule has 8 nitrogen and oxygen atoms in total. The van der Waals surface area contributed by atoms with Crippen molar-refractivity contribution in [3.8, 4) is 0 Å². The van der Waals surface area contributed by atoms with Gasteiger partial charge in [-0.15, -0.1) is 0 Å². The van der Waals surface area contributed by atoms with Crippen LogP contribution < -0.4 is 21.6 Å². The van der Waals surface area contributed by atoms with Crippen LogP contribution in [-0.4, -0.2) is 36.2 Å². The molecule has 0 bridgehead atoms. The summed E-state index contributed by atoms with van der Waals surface area (Å²) in [7, 11) is 3.87. The second kappa shape index (κ2) is 6.53. The van der Waals surface area contributed by atoms with Crippen molar-refractivity contribution in [1.82, 2.24) is 15.4 Å². The Morgan fingerprint density at radius 3 is 2.50 bits per heavy atom. The van der Waals surface area contributed by atoms with E-state index in [1.807, 2.05) is 48.2 Å². The van der Waals surface area contributed by atoms with Gasteiger partial charge in [-0.1, -0.05) is 12.1 Å². The van der Waals surface area contributed by atoms with Gasteiger partial charge < -0.3 is 9.88 Å². The van der Waals surface area contributed by atoms with Gasteiger partial charge >= 0.3 is 5.69 Å². The number of aromatic nitrogens is 2. The zero-order chi connectivity index (χ0) is 16.1. The van der Waals surface area contributed by atoms with Crippen LogP contribution in [-0.2, 0) is 0 Å². The molecule has 0 spiro atoms. The maximum Gasteiger partial charge on any atom is 0.325 e. The Balaban J connectivity index is 2.04. The van der Waals surface area contributed by atoms with Gasteiger partial charge in [0.1, 0.15) is 5.56 Å². The van der Waals surface area contributed by atoms with Crippen LogP contribution in [0.3, 0.4) is 0 Å². The lowest BCUT2D eigenvalue weighted by molar-refractivity contribution is 0.0953. The summed E-state index contributed by atoms with van der Waals surface area (Å²) in [6, 6.07) is 7.52. The topological polar surface area (TPSA) is 110 Å². The van der Waals surface area contributed by atoms with Gasteiger partial charge in [-0.25, -0.2) is 10.2 Å². The van der Waals surface area contributed by atoms with E-state index in [4.69, 9.17) is 0 Å². The van der Waals surface area contributed by atoms with Crippen LogP contribution in [0, 0.1) is 0 Å². The van der Waals surface area contributed by atoms with E-state index < -0.39 is 17.2 Å². The number of rotatable bonds is 4. The summed E-state index contributed by atoms with van der Waals surface area (Å²) in [4.78, 5) is 40.2. The first-order valence-electron chi connectivity index (χ1n) is 6.40. The molecule has 114 valence electrons. The summed E-state index contributed by atoms with van der Waals surface area (Å²) in [5.41, 5.74) is 2.39. The van der Waals surface area contributed by atoms with Crippen molar-refractivity contribution in [2.75, 3.05) is 19.0 Å². The van der Waals surface area contributed by atoms with Gasteiger partial charge in [-0.3, -0.25) is 14.6 Å². The molecule has 1 aromatic carbocycles. The number of hydrogen-bond acceptors (Lipinski definition) is 5. The maximum absolute atomic E-state index is 11.7. The zero-order valence-corrected chi connectivity index (χ0v) is 12.1. The highest BCUT2D eigenvalue weighted by Crippen LogP contribution is 2.10. The second-order valence-electron chi connectivity index (χ2n) is 4.67. The molecule has 0 unspecified atom stereocenters. The van der Waals surface area contributed by atoms with E-state index in [0.29, 0.717) is 0 Å².